The second kappa shape index (κ2) is 9.80. The van der Waals surface area contributed by atoms with E-state index in [1.807, 2.05) is 38.1 Å². The van der Waals surface area contributed by atoms with Gasteiger partial charge in [0.1, 0.15) is 11.8 Å². The smallest absolute Gasteiger partial charge is 0.320 e. The minimum atomic E-state index is -0.822. The molecule has 5 heteroatoms. The summed E-state index contributed by atoms with van der Waals surface area (Å²) in [6.07, 6.45) is 1.78. The number of carbonyl (C=O) groups is 1. The van der Waals surface area contributed by atoms with Crippen LogP contribution in [0.1, 0.15) is 38.7 Å². The molecule has 0 bridgehead atoms. The number of ether oxygens (including phenoxy) is 1. The Hall–Kier alpha value is -2.06. The summed E-state index contributed by atoms with van der Waals surface area (Å²) in [6.45, 7) is 5.01. The monoisotopic (exact) mass is 304 g/mol. The molecule has 1 atom stereocenters. The first-order valence-corrected chi connectivity index (χ1v) is 7.57. The van der Waals surface area contributed by atoms with Crippen LogP contribution >= 0.6 is 0 Å². The number of aliphatic carboxylic acids is 1. The van der Waals surface area contributed by atoms with Crippen LogP contribution in [0.4, 0.5) is 0 Å². The summed E-state index contributed by atoms with van der Waals surface area (Å²) in [5, 5.41) is 20.8. The molecular formula is C17H24N2O3. The van der Waals surface area contributed by atoms with Crippen molar-refractivity contribution in [2.45, 2.75) is 45.7 Å². The largest absolute Gasteiger partial charge is 0.494 e. The third kappa shape index (κ3) is 7.09. The van der Waals surface area contributed by atoms with Gasteiger partial charge in [-0.2, -0.15) is 5.26 Å². The second-order valence-corrected chi connectivity index (χ2v) is 5.66. The summed E-state index contributed by atoms with van der Waals surface area (Å²) in [4.78, 5) is 11.2. The van der Waals surface area contributed by atoms with Gasteiger partial charge in [-0.05, 0) is 36.5 Å². The summed E-state index contributed by atoms with van der Waals surface area (Å²) in [5.41, 5.74) is 0.979. The SMILES string of the molecule is CC(C)C[C@@H](NCc1cccc(OCCCC#N)c1)C(=O)O. The molecule has 0 saturated carbocycles. The number of nitrogens with zero attached hydrogens (tertiary/aromatic N) is 1. The molecule has 5 nitrogen and oxygen atoms in total. The van der Waals surface area contributed by atoms with E-state index in [1.165, 1.54) is 0 Å². The number of nitriles is 1. The molecule has 0 amide bonds. The van der Waals surface area contributed by atoms with Gasteiger partial charge in [0.15, 0.2) is 0 Å². The molecule has 1 aromatic carbocycles. The number of unbranched alkanes of at least 4 members (excludes halogenated alkanes) is 1. The molecule has 1 rings (SSSR count). The third-order valence-electron chi connectivity index (χ3n) is 3.16. The number of hydrogen-bond acceptors (Lipinski definition) is 4. The van der Waals surface area contributed by atoms with Crippen molar-refractivity contribution < 1.29 is 14.6 Å². The zero-order valence-electron chi connectivity index (χ0n) is 13.2. The molecule has 0 aliphatic heterocycles. The van der Waals surface area contributed by atoms with E-state index in [0.717, 1.165) is 11.3 Å². The lowest BCUT2D eigenvalue weighted by molar-refractivity contribution is -0.140. The highest BCUT2D eigenvalue weighted by Crippen LogP contribution is 2.14. The van der Waals surface area contributed by atoms with Crippen LogP contribution in [0.3, 0.4) is 0 Å². The molecule has 0 fully saturated rings. The highest BCUT2D eigenvalue weighted by Gasteiger charge is 2.17. The average Bonchev–Trinajstić information content (AvgIpc) is 2.48. The van der Waals surface area contributed by atoms with Crippen molar-refractivity contribution in [3.05, 3.63) is 29.8 Å². The van der Waals surface area contributed by atoms with E-state index in [1.54, 1.807) is 0 Å². The Morgan fingerprint density at radius 2 is 2.23 bits per heavy atom. The fourth-order valence-electron chi connectivity index (χ4n) is 2.07. The van der Waals surface area contributed by atoms with E-state index in [-0.39, 0.29) is 0 Å². The van der Waals surface area contributed by atoms with Crippen LogP contribution in [0, 0.1) is 17.2 Å². The van der Waals surface area contributed by atoms with E-state index in [4.69, 9.17) is 10.00 Å². The van der Waals surface area contributed by atoms with Gasteiger partial charge < -0.3 is 15.2 Å². The third-order valence-corrected chi connectivity index (χ3v) is 3.16. The first kappa shape index (κ1) is 18.0. The van der Waals surface area contributed by atoms with Gasteiger partial charge in [0.2, 0.25) is 0 Å². The molecule has 1 aromatic rings. The van der Waals surface area contributed by atoms with E-state index in [2.05, 4.69) is 11.4 Å². The molecule has 0 radical (unpaired) electrons. The maximum absolute atomic E-state index is 11.2. The van der Waals surface area contributed by atoms with Crippen molar-refractivity contribution in [2.24, 2.45) is 5.92 Å². The van der Waals surface area contributed by atoms with E-state index < -0.39 is 12.0 Å². The van der Waals surface area contributed by atoms with E-state index in [9.17, 15) is 9.90 Å². The molecule has 0 saturated heterocycles. The standard InChI is InChI=1S/C17H24N2O3/c1-13(2)10-16(17(20)21)19-12-14-6-5-7-15(11-14)22-9-4-3-8-18/h5-7,11,13,16,19H,3-4,9-10,12H2,1-2H3,(H,20,21)/t16-/m1/s1. The van der Waals surface area contributed by atoms with Crippen LogP contribution < -0.4 is 10.1 Å². The van der Waals surface area contributed by atoms with Crippen molar-refractivity contribution in [3.63, 3.8) is 0 Å². The van der Waals surface area contributed by atoms with Gasteiger partial charge in [-0.1, -0.05) is 26.0 Å². The molecule has 22 heavy (non-hydrogen) atoms. The number of rotatable bonds is 10. The Balaban J connectivity index is 2.51. The number of carboxylic acid groups (broad SMARTS) is 1. The first-order chi connectivity index (χ1) is 10.5. The molecular weight excluding hydrogens is 280 g/mol. The Labute approximate surface area is 131 Å². The number of benzene rings is 1. The van der Waals surface area contributed by atoms with Crippen molar-refractivity contribution >= 4 is 5.97 Å². The Morgan fingerprint density at radius 1 is 1.45 bits per heavy atom. The molecule has 0 aliphatic carbocycles. The lowest BCUT2D eigenvalue weighted by atomic mass is 10.0. The summed E-state index contributed by atoms with van der Waals surface area (Å²) in [7, 11) is 0. The predicted molar refractivity (Wildman–Crippen MR) is 84.5 cm³/mol. The lowest BCUT2D eigenvalue weighted by Gasteiger charge is -2.16. The van der Waals surface area contributed by atoms with Gasteiger partial charge in [-0.25, -0.2) is 0 Å². The van der Waals surface area contributed by atoms with Gasteiger partial charge in [-0.3, -0.25) is 4.79 Å². The van der Waals surface area contributed by atoms with Crippen LogP contribution in [0.2, 0.25) is 0 Å². The van der Waals surface area contributed by atoms with Gasteiger partial charge in [0, 0.05) is 13.0 Å². The molecule has 0 spiro atoms. The molecule has 2 N–H and O–H groups in total. The predicted octanol–water partition coefficient (Wildman–Crippen LogP) is 2.96. The number of carboxylic acids is 1. The Bertz CT molecular complexity index is 509. The van der Waals surface area contributed by atoms with E-state index in [0.29, 0.717) is 38.3 Å². The van der Waals surface area contributed by atoms with Crippen molar-refractivity contribution in [1.29, 1.82) is 5.26 Å². The fourth-order valence-corrected chi connectivity index (χ4v) is 2.07. The van der Waals surface area contributed by atoms with Gasteiger partial charge in [0.05, 0.1) is 12.7 Å². The normalized spacial score (nSPS) is 11.9. The topological polar surface area (TPSA) is 82.3 Å². The molecule has 0 aromatic heterocycles. The highest BCUT2D eigenvalue weighted by molar-refractivity contribution is 5.73. The minimum Gasteiger partial charge on any atom is -0.494 e. The number of hydrogen-bond donors (Lipinski definition) is 2. The summed E-state index contributed by atoms with van der Waals surface area (Å²) in [5.74, 6) is 0.244. The molecule has 0 unspecified atom stereocenters. The quantitative estimate of drug-likeness (QED) is 0.649. The zero-order valence-corrected chi connectivity index (χ0v) is 13.2. The maximum Gasteiger partial charge on any atom is 0.320 e. The van der Waals surface area contributed by atoms with Gasteiger partial charge in [-0.15, -0.1) is 0 Å². The van der Waals surface area contributed by atoms with Crippen molar-refractivity contribution in [2.75, 3.05) is 6.61 Å². The van der Waals surface area contributed by atoms with Crippen LogP contribution in [0.5, 0.6) is 5.75 Å². The van der Waals surface area contributed by atoms with Crippen molar-refractivity contribution in [3.8, 4) is 11.8 Å². The molecule has 120 valence electrons. The van der Waals surface area contributed by atoms with E-state index >= 15 is 0 Å². The van der Waals surface area contributed by atoms with Crippen LogP contribution in [-0.4, -0.2) is 23.7 Å². The maximum atomic E-state index is 11.2. The fraction of sp³-hybridized carbons (Fsp3) is 0.529. The molecule has 0 aliphatic rings. The van der Waals surface area contributed by atoms with Crippen LogP contribution in [0.25, 0.3) is 0 Å². The second-order valence-electron chi connectivity index (χ2n) is 5.66. The van der Waals surface area contributed by atoms with Crippen LogP contribution in [0.15, 0.2) is 24.3 Å². The van der Waals surface area contributed by atoms with Crippen molar-refractivity contribution in [1.82, 2.24) is 5.32 Å². The lowest BCUT2D eigenvalue weighted by Crippen LogP contribution is -2.37. The van der Waals surface area contributed by atoms with Gasteiger partial charge >= 0.3 is 5.97 Å². The zero-order chi connectivity index (χ0) is 16.4. The van der Waals surface area contributed by atoms with Gasteiger partial charge in [0.25, 0.3) is 0 Å². The molecule has 0 heterocycles. The Morgan fingerprint density at radius 3 is 2.86 bits per heavy atom. The first-order valence-electron chi connectivity index (χ1n) is 7.57. The number of nitrogens with one attached hydrogen (secondary N) is 1. The highest BCUT2D eigenvalue weighted by atomic mass is 16.5. The average molecular weight is 304 g/mol. The summed E-state index contributed by atoms with van der Waals surface area (Å²) >= 11 is 0. The summed E-state index contributed by atoms with van der Waals surface area (Å²) < 4.78 is 5.57. The van der Waals surface area contributed by atoms with Crippen LogP contribution in [-0.2, 0) is 11.3 Å². The Kier molecular flexibility index (Phi) is 8.01. The minimum absolute atomic E-state index is 0.323. The summed E-state index contributed by atoms with van der Waals surface area (Å²) in [6, 6.07) is 9.11.